The molecule has 98 valence electrons. The van der Waals surface area contributed by atoms with Crippen molar-refractivity contribution in [3.8, 4) is 0 Å². The lowest BCUT2D eigenvalue weighted by Gasteiger charge is -2.19. The largest absolute Gasteiger partial charge is 0.298 e. The van der Waals surface area contributed by atoms with E-state index in [0.29, 0.717) is 0 Å². The lowest BCUT2D eigenvalue weighted by atomic mass is 9.87. The number of benzene rings is 1. The molecule has 4 heteroatoms. The molecule has 0 aromatic heterocycles. The van der Waals surface area contributed by atoms with Crippen molar-refractivity contribution in [2.45, 2.75) is 37.0 Å². The van der Waals surface area contributed by atoms with Gasteiger partial charge in [-0.3, -0.25) is 4.79 Å². The molecule has 1 aliphatic carbocycles. The summed E-state index contributed by atoms with van der Waals surface area (Å²) in [6.45, 7) is 0. The molecule has 1 aromatic rings. The average Bonchev–Trinajstić information content (AvgIpc) is 2.40. The van der Waals surface area contributed by atoms with Gasteiger partial charge in [0, 0.05) is 10.8 Å². The van der Waals surface area contributed by atoms with E-state index >= 15 is 0 Å². The number of thioether (sulfide) groups is 1. The first-order chi connectivity index (χ1) is 8.66. The molecule has 0 amide bonds. The van der Waals surface area contributed by atoms with Gasteiger partial charge in [-0.15, -0.1) is 11.8 Å². The first-order valence-corrected chi connectivity index (χ1v) is 7.26. The Hall–Kier alpha value is -0.900. The van der Waals surface area contributed by atoms with E-state index in [1.165, 1.54) is 6.42 Å². The van der Waals surface area contributed by atoms with Crippen molar-refractivity contribution in [3.05, 3.63) is 29.8 Å². The van der Waals surface area contributed by atoms with E-state index in [1.807, 2.05) is 0 Å². The van der Waals surface area contributed by atoms with Crippen LogP contribution in [0.1, 0.15) is 32.1 Å². The van der Waals surface area contributed by atoms with Crippen LogP contribution in [0.15, 0.2) is 23.1 Å². The fourth-order valence-electron chi connectivity index (χ4n) is 2.28. The zero-order valence-corrected chi connectivity index (χ0v) is 10.9. The van der Waals surface area contributed by atoms with Gasteiger partial charge in [-0.1, -0.05) is 19.3 Å². The number of hydrogen-bond acceptors (Lipinski definition) is 2. The van der Waals surface area contributed by atoms with E-state index < -0.39 is 11.6 Å². The Morgan fingerprint density at radius 1 is 1.22 bits per heavy atom. The molecule has 1 saturated carbocycles. The van der Waals surface area contributed by atoms with Crippen LogP contribution >= 0.6 is 11.8 Å². The minimum Gasteiger partial charge on any atom is -0.298 e. The van der Waals surface area contributed by atoms with Gasteiger partial charge in [0.15, 0.2) is 0 Å². The molecule has 0 bridgehead atoms. The van der Waals surface area contributed by atoms with E-state index in [4.69, 9.17) is 0 Å². The molecule has 0 aliphatic heterocycles. The van der Waals surface area contributed by atoms with Gasteiger partial charge in [0.25, 0.3) is 0 Å². The normalized spacial score (nSPS) is 16.8. The molecule has 0 spiro atoms. The Morgan fingerprint density at radius 2 is 1.94 bits per heavy atom. The Labute approximate surface area is 110 Å². The number of carbonyl (C=O) groups excluding carboxylic acids is 1. The first-order valence-electron chi connectivity index (χ1n) is 6.27. The SMILES string of the molecule is O=C(CSc1cc(F)ccc1F)C1CCCCC1. The van der Waals surface area contributed by atoms with Crippen molar-refractivity contribution < 1.29 is 13.6 Å². The van der Waals surface area contributed by atoms with Gasteiger partial charge in [-0.05, 0) is 31.0 Å². The maximum Gasteiger partial charge on any atom is 0.146 e. The summed E-state index contributed by atoms with van der Waals surface area (Å²) in [5.41, 5.74) is 0. The summed E-state index contributed by atoms with van der Waals surface area (Å²) in [4.78, 5) is 12.2. The molecule has 0 radical (unpaired) electrons. The highest BCUT2D eigenvalue weighted by Crippen LogP contribution is 2.28. The third-order valence-electron chi connectivity index (χ3n) is 3.32. The molecule has 1 fully saturated rings. The standard InChI is InChI=1S/C14H16F2OS/c15-11-6-7-12(16)14(8-11)18-9-13(17)10-4-2-1-3-5-10/h6-8,10H,1-5,9H2. The minimum absolute atomic E-state index is 0.128. The van der Waals surface area contributed by atoms with Crippen LogP contribution in [0.3, 0.4) is 0 Å². The topological polar surface area (TPSA) is 17.1 Å². The Kier molecular flexibility index (Phi) is 4.75. The second kappa shape index (κ2) is 6.32. The number of carbonyl (C=O) groups is 1. The molecule has 0 atom stereocenters. The number of halogens is 2. The summed E-state index contributed by atoms with van der Waals surface area (Å²) >= 11 is 1.10. The molecular formula is C14H16F2OS. The molecule has 0 N–H and O–H groups in total. The van der Waals surface area contributed by atoms with Crippen LogP contribution in [0, 0.1) is 17.6 Å². The fraction of sp³-hybridized carbons (Fsp3) is 0.500. The zero-order valence-electron chi connectivity index (χ0n) is 10.1. The third-order valence-corrected chi connectivity index (χ3v) is 4.38. The molecule has 1 aliphatic rings. The van der Waals surface area contributed by atoms with E-state index in [2.05, 4.69) is 0 Å². The predicted molar refractivity (Wildman–Crippen MR) is 68.7 cm³/mol. The van der Waals surface area contributed by atoms with Crippen LogP contribution in [0.25, 0.3) is 0 Å². The monoisotopic (exact) mass is 270 g/mol. The maximum absolute atomic E-state index is 13.4. The number of ketones is 1. The summed E-state index contributed by atoms with van der Waals surface area (Å²) < 4.78 is 26.3. The number of rotatable bonds is 4. The van der Waals surface area contributed by atoms with Crippen LogP contribution in [-0.4, -0.2) is 11.5 Å². The quantitative estimate of drug-likeness (QED) is 0.762. The van der Waals surface area contributed by atoms with Crippen molar-refractivity contribution in [3.63, 3.8) is 0 Å². The highest BCUT2D eigenvalue weighted by Gasteiger charge is 2.21. The average molecular weight is 270 g/mol. The minimum atomic E-state index is -0.469. The fourth-order valence-corrected chi connectivity index (χ4v) is 3.21. The van der Waals surface area contributed by atoms with Gasteiger partial charge in [0.1, 0.15) is 17.4 Å². The third kappa shape index (κ3) is 3.55. The highest BCUT2D eigenvalue weighted by molar-refractivity contribution is 8.00. The Bertz CT molecular complexity index is 428. The van der Waals surface area contributed by atoms with Crippen LogP contribution < -0.4 is 0 Å². The zero-order chi connectivity index (χ0) is 13.0. The molecule has 0 heterocycles. The van der Waals surface area contributed by atoms with Crippen molar-refractivity contribution in [2.75, 3.05) is 5.75 Å². The molecule has 1 aromatic carbocycles. The molecule has 18 heavy (non-hydrogen) atoms. The van der Waals surface area contributed by atoms with Gasteiger partial charge in [-0.25, -0.2) is 8.78 Å². The summed E-state index contributed by atoms with van der Waals surface area (Å²) in [7, 11) is 0. The smallest absolute Gasteiger partial charge is 0.146 e. The van der Waals surface area contributed by atoms with Gasteiger partial charge >= 0.3 is 0 Å². The summed E-state index contributed by atoms with van der Waals surface area (Å²) in [6, 6.07) is 3.33. The van der Waals surface area contributed by atoms with Crippen molar-refractivity contribution >= 4 is 17.5 Å². The molecular weight excluding hydrogens is 254 g/mol. The van der Waals surface area contributed by atoms with Crippen molar-refractivity contribution in [2.24, 2.45) is 5.92 Å². The second-order valence-corrected chi connectivity index (χ2v) is 5.68. The van der Waals surface area contributed by atoms with E-state index in [9.17, 15) is 13.6 Å². The van der Waals surface area contributed by atoms with Gasteiger partial charge in [-0.2, -0.15) is 0 Å². The van der Waals surface area contributed by atoms with Crippen molar-refractivity contribution in [1.82, 2.24) is 0 Å². The van der Waals surface area contributed by atoms with E-state index in [1.54, 1.807) is 0 Å². The maximum atomic E-state index is 13.4. The van der Waals surface area contributed by atoms with Crippen LogP contribution in [-0.2, 0) is 4.79 Å². The summed E-state index contributed by atoms with van der Waals surface area (Å²) in [5.74, 6) is -0.390. The molecule has 2 rings (SSSR count). The predicted octanol–water partition coefficient (Wildman–Crippen LogP) is 4.21. The molecule has 1 nitrogen and oxygen atoms in total. The highest BCUT2D eigenvalue weighted by atomic mass is 32.2. The van der Waals surface area contributed by atoms with Gasteiger partial charge in [0.05, 0.1) is 5.75 Å². The van der Waals surface area contributed by atoms with Crippen molar-refractivity contribution in [1.29, 1.82) is 0 Å². The number of hydrogen-bond donors (Lipinski definition) is 0. The summed E-state index contributed by atoms with van der Waals surface area (Å²) in [5, 5.41) is 0. The summed E-state index contributed by atoms with van der Waals surface area (Å²) in [6.07, 6.45) is 5.32. The van der Waals surface area contributed by atoms with Gasteiger partial charge in [0.2, 0.25) is 0 Å². The lowest BCUT2D eigenvalue weighted by molar-refractivity contribution is -0.121. The Morgan fingerprint density at radius 3 is 2.67 bits per heavy atom. The Balaban J connectivity index is 1.90. The second-order valence-electron chi connectivity index (χ2n) is 4.66. The van der Waals surface area contributed by atoms with Crippen LogP contribution in [0.2, 0.25) is 0 Å². The molecule has 0 saturated heterocycles. The van der Waals surface area contributed by atoms with Gasteiger partial charge < -0.3 is 0 Å². The first kappa shape index (κ1) is 13.5. The number of Topliss-reactive ketones (excluding diaryl/α,β-unsaturated/α-hetero) is 1. The van der Waals surface area contributed by atoms with E-state index in [-0.39, 0.29) is 22.3 Å². The lowest BCUT2D eigenvalue weighted by Crippen LogP contribution is -2.19. The van der Waals surface area contributed by atoms with Crippen LogP contribution in [0.5, 0.6) is 0 Å². The molecule has 0 unspecified atom stereocenters. The van der Waals surface area contributed by atoms with E-state index in [0.717, 1.165) is 55.6 Å². The van der Waals surface area contributed by atoms with Crippen LogP contribution in [0.4, 0.5) is 8.78 Å².